The van der Waals surface area contributed by atoms with Crippen LogP contribution < -0.4 is 22.1 Å². The molecule has 2 aromatic rings. The molecular formula is C16H17ClFN5S. The van der Waals surface area contributed by atoms with E-state index in [1.807, 2.05) is 0 Å². The fourth-order valence-corrected chi connectivity index (χ4v) is 2.22. The first-order valence-electron chi connectivity index (χ1n) is 6.93. The summed E-state index contributed by atoms with van der Waals surface area (Å²) in [6, 6.07) is 7.68. The number of hydrogen-bond acceptors (Lipinski definition) is 6. The van der Waals surface area contributed by atoms with Crippen LogP contribution in [-0.2, 0) is 0 Å². The van der Waals surface area contributed by atoms with Crippen molar-refractivity contribution >= 4 is 41.4 Å². The molecule has 0 unspecified atom stereocenters. The lowest BCUT2D eigenvalue weighted by atomic mass is 10.1. The number of hydrogen-bond donors (Lipinski definition) is 5. The Morgan fingerprint density at radius 3 is 2.71 bits per heavy atom. The van der Waals surface area contributed by atoms with E-state index in [1.54, 1.807) is 25.4 Å². The highest BCUT2D eigenvalue weighted by molar-refractivity contribution is 7.84. The highest BCUT2D eigenvalue weighted by atomic mass is 35.5. The largest absolute Gasteiger partial charge is 0.398 e. The lowest BCUT2D eigenvalue weighted by molar-refractivity contribution is 0.624. The average molecular weight is 366 g/mol. The van der Waals surface area contributed by atoms with Gasteiger partial charge in [-0.25, -0.2) is 9.37 Å². The monoisotopic (exact) mass is 365 g/mol. The predicted octanol–water partition coefficient (Wildman–Crippen LogP) is 3.39. The molecular weight excluding hydrogens is 349 g/mol. The van der Waals surface area contributed by atoms with Crippen molar-refractivity contribution in [2.24, 2.45) is 11.5 Å². The van der Waals surface area contributed by atoms with E-state index in [-0.39, 0.29) is 16.3 Å². The molecule has 0 fully saturated rings. The molecule has 0 aliphatic heterocycles. The second-order valence-corrected chi connectivity index (χ2v) is 5.75. The van der Waals surface area contributed by atoms with Crippen LogP contribution in [0, 0.1) is 5.82 Å². The van der Waals surface area contributed by atoms with Gasteiger partial charge in [-0.15, -0.1) is 12.6 Å². The van der Waals surface area contributed by atoms with Crippen LogP contribution in [0.4, 0.5) is 15.9 Å². The fraction of sp³-hybridized carbons (Fsp3) is 0.0625. The quantitative estimate of drug-likeness (QED) is 0.414. The second kappa shape index (κ2) is 7.94. The Kier molecular flexibility index (Phi) is 5.94. The molecule has 0 bridgehead atoms. The molecule has 0 aliphatic rings. The van der Waals surface area contributed by atoms with Crippen molar-refractivity contribution in [3.05, 3.63) is 69.7 Å². The summed E-state index contributed by atoms with van der Waals surface area (Å²) in [4.78, 5) is 4.12. The number of aromatic nitrogens is 1. The summed E-state index contributed by atoms with van der Waals surface area (Å²) in [5.41, 5.74) is 13.3. The molecule has 0 aliphatic carbocycles. The molecule has 0 saturated heterocycles. The summed E-state index contributed by atoms with van der Waals surface area (Å²) in [5, 5.41) is 6.58. The van der Waals surface area contributed by atoms with Crippen molar-refractivity contribution < 1.29 is 4.39 Å². The molecule has 1 aromatic heterocycles. The molecule has 1 aromatic carbocycles. The fourth-order valence-electron chi connectivity index (χ4n) is 1.93. The molecule has 126 valence electrons. The van der Waals surface area contributed by atoms with Gasteiger partial charge < -0.3 is 22.1 Å². The maximum Gasteiger partial charge on any atom is 0.132 e. The average Bonchev–Trinajstić information content (AvgIpc) is 2.56. The van der Waals surface area contributed by atoms with Crippen molar-refractivity contribution in [3.63, 3.8) is 0 Å². The van der Waals surface area contributed by atoms with Crippen molar-refractivity contribution in [1.29, 1.82) is 0 Å². The second-order valence-electron chi connectivity index (χ2n) is 4.83. The summed E-state index contributed by atoms with van der Waals surface area (Å²) < 4.78 is 13.9. The molecule has 6 N–H and O–H groups in total. The summed E-state index contributed by atoms with van der Waals surface area (Å²) in [7, 11) is 1.76. The summed E-state index contributed by atoms with van der Waals surface area (Å²) in [6.07, 6.45) is 3.13. The first-order chi connectivity index (χ1) is 11.4. The Bertz CT molecular complexity index is 803. The third-order valence-electron chi connectivity index (χ3n) is 3.11. The van der Waals surface area contributed by atoms with Gasteiger partial charge in [-0.3, -0.25) is 0 Å². The number of thiol groups is 1. The van der Waals surface area contributed by atoms with Crippen molar-refractivity contribution in [2.75, 3.05) is 17.7 Å². The molecule has 0 spiro atoms. The van der Waals surface area contributed by atoms with Gasteiger partial charge in [0, 0.05) is 41.3 Å². The van der Waals surface area contributed by atoms with E-state index in [9.17, 15) is 4.39 Å². The van der Waals surface area contributed by atoms with E-state index in [0.29, 0.717) is 16.5 Å². The van der Waals surface area contributed by atoms with Crippen LogP contribution in [0.2, 0.25) is 5.02 Å². The van der Waals surface area contributed by atoms with Crippen LogP contribution in [0.25, 0.3) is 5.70 Å². The first-order valence-corrected chi connectivity index (χ1v) is 7.75. The predicted molar refractivity (Wildman–Crippen MR) is 101 cm³/mol. The highest BCUT2D eigenvalue weighted by Crippen LogP contribution is 2.22. The molecule has 24 heavy (non-hydrogen) atoms. The Balaban J connectivity index is 2.34. The molecule has 0 saturated carbocycles. The van der Waals surface area contributed by atoms with E-state index >= 15 is 0 Å². The molecule has 0 amide bonds. The number of allylic oxidation sites excluding steroid dienone is 1. The highest BCUT2D eigenvalue weighted by Gasteiger charge is 2.08. The van der Waals surface area contributed by atoms with Gasteiger partial charge in [-0.1, -0.05) is 11.6 Å². The zero-order valence-corrected chi connectivity index (χ0v) is 14.5. The number of benzene rings is 1. The summed E-state index contributed by atoms with van der Waals surface area (Å²) in [6.45, 7) is 0. The van der Waals surface area contributed by atoms with Gasteiger partial charge in [0.2, 0.25) is 0 Å². The maximum absolute atomic E-state index is 13.9. The van der Waals surface area contributed by atoms with Gasteiger partial charge in [-0.05, 0) is 30.3 Å². The third kappa shape index (κ3) is 4.56. The standard InChI is InChI=1S/C16H17ClFN5S/c1-21-15-7-10(4-5-22-15)23-14(16(20)24)8-13(19)11-6-9(17)2-3-12(11)18/h2-8,24H,19-20H2,1H3,(H2,21,22,23)/b13-8-,16-14-. The number of rotatable bonds is 5. The summed E-state index contributed by atoms with van der Waals surface area (Å²) >= 11 is 10.0. The van der Waals surface area contributed by atoms with Crippen molar-refractivity contribution in [3.8, 4) is 0 Å². The third-order valence-corrected chi connectivity index (χ3v) is 3.59. The maximum atomic E-state index is 13.9. The van der Waals surface area contributed by atoms with Crippen LogP contribution in [-0.4, -0.2) is 12.0 Å². The van der Waals surface area contributed by atoms with Gasteiger partial charge in [0.25, 0.3) is 0 Å². The van der Waals surface area contributed by atoms with Crippen LogP contribution >= 0.6 is 24.2 Å². The minimum atomic E-state index is -0.480. The van der Waals surface area contributed by atoms with Crippen molar-refractivity contribution in [1.82, 2.24) is 4.98 Å². The van der Waals surface area contributed by atoms with Gasteiger partial charge in [-0.2, -0.15) is 0 Å². The first kappa shape index (κ1) is 18.0. The van der Waals surface area contributed by atoms with Crippen molar-refractivity contribution in [2.45, 2.75) is 0 Å². The van der Waals surface area contributed by atoms with Gasteiger partial charge in [0.15, 0.2) is 0 Å². The van der Waals surface area contributed by atoms with Crippen LogP contribution in [0.15, 0.2) is 53.3 Å². The molecule has 0 radical (unpaired) electrons. The van der Waals surface area contributed by atoms with Crippen LogP contribution in [0.3, 0.4) is 0 Å². The van der Waals surface area contributed by atoms with Crippen LogP contribution in [0.1, 0.15) is 5.56 Å². The number of pyridine rings is 1. The Hall–Kier alpha value is -2.38. The van der Waals surface area contributed by atoms with Gasteiger partial charge >= 0.3 is 0 Å². The number of halogens is 2. The van der Waals surface area contributed by atoms with Gasteiger partial charge in [0.1, 0.15) is 11.6 Å². The molecule has 1 heterocycles. The minimum Gasteiger partial charge on any atom is -0.398 e. The lowest BCUT2D eigenvalue weighted by Gasteiger charge is -2.12. The lowest BCUT2D eigenvalue weighted by Crippen LogP contribution is -2.08. The van der Waals surface area contributed by atoms with E-state index in [2.05, 4.69) is 28.2 Å². The Morgan fingerprint density at radius 1 is 1.29 bits per heavy atom. The molecule has 2 rings (SSSR count). The number of anilines is 2. The number of nitrogens with two attached hydrogens (primary N) is 2. The topological polar surface area (TPSA) is 89.0 Å². The van der Waals surface area contributed by atoms with E-state index in [4.69, 9.17) is 23.1 Å². The SMILES string of the molecule is CNc1cc(NC(/C=C(\N)c2cc(Cl)ccc2F)=C(/N)S)ccn1. The zero-order valence-electron chi connectivity index (χ0n) is 12.8. The molecule has 8 heteroatoms. The normalized spacial score (nSPS) is 12.6. The zero-order chi connectivity index (χ0) is 17.7. The van der Waals surface area contributed by atoms with Crippen LogP contribution in [0.5, 0.6) is 0 Å². The number of nitrogens with one attached hydrogen (secondary N) is 2. The van der Waals surface area contributed by atoms with E-state index in [1.165, 1.54) is 24.3 Å². The van der Waals surface area contributed by atoms with Gasteiger partial charge in [0.05, 0.1) is 10.7 Å². The Morgan fingerprint density at radius 2 is 2.04 bits per heavy atom. The Labute approximate surface area is 150 Å². The summed E-state index contributed by atoms with van der Waals surface area (Å²) in [5.74, 6) is 0.196. The minimum absolute atomic E-state index is 0.164. The number of nitrogens with zero attached hydrogens (tertiary/aromatic N) is 1. The van der Waals surface area contributed by atoms with E-state index in [0.717, 1.165) is 5.69 Å². The smallest absolute Gasteiger partial charge is 0.132 e. The molecule has 5 nitrogen and oxygen atoms in total. The molecule has 0 atom stereocenters. The van der Waals surface area contributed by atoms with E-state index < -0.39 is 5.82 Å².